The first-order valence-electron chi connectivity index (χ1n) is 6.12. The lowest BCUT2D eigenvalue weighted by atomic mass is 10.3. The lowest BCUT2D eigenvalue weighted by Crippen LogP contribution is -2.16. The second kappa shape index (κ2) is 6.78. The first kappa shape index (κ1) is 14.9. The number of carboxylic acids is 1. The molecule has 4 nitrogen and oxygen atoms in total. The Morgan fingerprint density at radius 3 is 2.90 bits per heavy atom. The standard InChI is InChI=1S/C14H16N2O2S2/c1-10-15-11(9-19-10)7-16(2)8-13-4-3-12(20-13)5-6-14(17)18/h3-6,9H,7-8H2,1-2H3,(H,17,18). The van der Waals surface area contributed by atoms with Gasteiger partial charge in [0.05, 0.1) is 10.7 Å². The van der Waals surface area contributed by atoms with Crippen LogP contribution in [-0.2, 0) is 17.9 Å². The number of nitrogens with zero attached hydrogens (tertiary/aromatic N) is 2. The fourth-order valence-electron chi connectivity index (χ4n) is 1.80. The van der Waals surface area contributed by atoms with Crippen LogP contribution in [0.25, 0.3) is 6.08 Å². The van der Waals surface area contributed by atoms with Gasteiger partial charge >= 0.3 is 5.97 Å². The van der Waals surface area contributed by atoms with E-state index < -0.39 is 5.97 Å². The summed E-state index contributed by atoms with van der Waals surface area (Å²) in [4.78, 5) is 19.3. The Labute approximate surface area is 126 Å². The molecule has 6 heteroatoms. The minimum atomic E-state index is -0.920. The second-order valence-electron chi connectivity index (χ2n) is 4.51. The van der Waals surface area contributed by atoms with Crippen molar-refractivity contribution < 1.29 is 9.90 Å². The number of rotatable bonds is 6. The van der Waals surface area contributed by atoms with Crippen LogP contribution in [0, 0.1) is 6.92 Å². The number of thiophene rings is 1. The molecule has 0 bridgehead atoms. The fourth-order valence-corrected chi connectivity index (χ4v) is 3.40. The molecule has 0 atom stereocenters. The van der Waals surface area contributed by atoms with Gasteiger partial charge in [-0.15, -0.1) is 22.7 Å². The summed E-state index contributed by atoms with van der Waals surface area (Å²) >= 11 is 3.28. The van der Waals surface area contributed by atoms with Crippen LogP contribution in [0.3, 0.4) is 0 Å². The molecule has 0 unspecified atom stereocenters. The summed E-state index contributed by atoms with van der Waals surface area (Å²) in [6.07, 6.45) is 2.79. The van der Waals surface area contributed by atoms with Crippen LogP contribution in [0.15, 0.2) is 23.6 Å². The molecule has 0 saturated heterocycles. The van der Waals surface area contributed by atoms with Gasteiger partial charge < -0.3 is 5.11 Å². The molecule has 0 aromatic carbocycles. The van der Waals surface area contributed by atoms with Gasteiger partial charge in [-0.2, -0.15) is 0 Å². The molecule has 0 spiro atoms. The van der Waals surface area contributed by atoms with E-state index in [4.69, 9.17) is 5.11 Å². The van der Waals surface area contributed by atoms with Crippen molar-refractivity contribution in [1.29, 1.82) is 0 Å². The van der Waals surface area contributed by atoms with Crippen molar-refractivity contribution in [2.45, 2.75) is 20.0 Å². The van der Waals surface area contributed by atoms with E-state index in [9.17, 15) is 4.79 Å². The Morgan fingerprint density at radius 2 is 2.25 bits per heavy atom. The van der Waals surface area contributed by atoms with Gasteiger partial charge in [-0.25, -0.2) is 9.78 Å². The molecular weight excluding hydrogens is 292 g/mol. The third-order valence-corrected chi connectivity index (χ3v) is 4.45. The van der Waals surface area contributed by atoms with E-state index in [0.29, 0.717) is 0 Å². The molecule has 2 heterocycles. The molecule has 2 aromatic rings. The van der Waals surface area contributed by atoms with Gasteiger partial charge in [-0.05, 0) is 32.2 Å². The highest BCUT2D eigenvalue weighted by Crippen LogP contribution is 2.20. The minimum absolute atomic E-state index is 0.822. The van der Waals surface area contributed by atoms with Gasteiger partial charge in [-0.1, -0.05) is 0 Å². The molecule has 0 fully saturated rings. The summed E-state index contributed by atoms with van der Waals surface area (Å²) in [6.45, 7) is 3.67. The number of hydrogen-bond donors (Lipinski definition) is 1. The number of hydrogen-bond acceptors (Lipinski definition) is 5. The summed E-state index contributed by atoms with van der Waals surface area (Å²) in [5, 5.41) is 11.8. The monoisotopic (exact) mass is 308 g/mol. The molecule has 106 valence electrons. The van der Waals surface area contributed by atoms with Crippen molar-refractivity contribution in [3.05, 3.63) is 44.0 Å². The Balaban J connectivity index is 1.91. The predicted octanol–water partition coefficient (Wildman–Crippen LogP) is 3.24. The Kier molecular flexibility index (Phi) is 5.05. The van der Waals surface area contributed by atoms with Gasteiger partial charge in [0, 0.05) is 34.3 Å². The number of thiazole rings is 1. The smallest absolute Gasteiger partial charge is 0.328 e. The summed E-state index contributed by atoms with van der Waals surface area (Å²) in [5.41, 5.74) is 1.09. The first-order valence-corrected chi connectivity index (χ1v) is 7.82. The van der Waals surface area contributed by atoms with E-state index in [1.807, 2.05) is 19.1 Å². The fraction of sp³-hybridized carbons (Fsp3) is 0.286. The van der Waals surface area contributed by atoms with Crippen LogP contribution >= 0.6 is 22.7 Å². The predicted molar refractivity (Wildman–Crippen MR) is 83.0 cm³/mol. The molecule has 2 rings (SSSR count). The van der Waals surface area contributed by atoms with E-state index >= 15 is 0 Å². The topological polar surface area (TPSA) is 53.4 Å². The van der Waals surface area contributed by atoms with Gasteiger partial charge in [-0.3, -0.25) is 4.90 Å². The van der Waals surface area contributed by atoms with Crippen molar-refractivity contribution in [2.24, 2.45) is 0 Å². The lowest BCUT2D eigenvalue weighted by Gasteiger charge is -2.13. The Morgan fingerprint density at radius 1 is 1.45 bits per heavy atom. The van der Waals surface area contributed by atoms with Crippen LogP contribution in [0.1, 0.15) is 20.5 Å². The lowest BCUT2D eigenvalue weighted by molar-refractivity contribution is -0.131. The summed E-state index contributed by atoms with van der Waals surface area (Å²) in [6, 6.07) is 3.98. The van der Waals surface area contributed by atoms with Crippen molar-refractivity contribution in [3.8, 4) is 0 Å². The van der Waals surface area contributed by atoms with E-state index in [0.717, 1.165) is 34.7 Å². The normalized spacial score (nSPS) is 11.6. The number of carbonyl (C=O) groups is 1. The molecule has 0 saturated carbocycles. The molecular formula is C14H16N2O2S2. The Bertz CT molecular complexity index is 616. The van der Waals surface area contributed by atoms with E-state index in [1.165, 1.54) is 4.88 Å². The summed E-state index contributed by atoms with van der Waals surface area (Å²) in [5.74, 6) is -0.920. The average molecular weight is 308 g/mol. The highest BCUT2D eigenvalue weighted by atomic mass is 32.1. The van der Waals surface area contributed by atoms with Crippen LogP contribution in [0.5, 0.6) is 0 Å². The number of aryl methyl sites for hydroxylation is 1. The van der Waals surface area contributed by atoms with Crippen LogP contribution in [-0.4, -0.2) is 28.0 Å². The number of aliphatic carboxylic acids is 1. The zero-order valence-electron chi connectivity index (χ0n) is 11.4. The molecule has 0 amide bonds. The third kappa shape index (κ3) is 4.56. The largest absolute Gasteiger partial charge is 0.478 e. The number of aromatic nitrogens is 1. The number of carboxylic acid groups (broad SMARTS) is 1. The highest BCUT2D eigenvalue weighted by Gasteiger charge is 2.06. The molecule has 2 aromatic heterocycles. The molecule has 0 radical (unpaired) electrons. The van der Waals surface area contributed by atoms with Crippen molar-refractivity contribution in [3.63, 3.8) is 0 Å². The average Bonchev–Trinajstić information content (AvgIpc) is 2.96. The van der Waals surface area contributed by atoms with E-state index in [-0.39, 0.29) is 0 Å². The van der Waals surface area contributed by atoms with Crippen LogP contribution in [0.2, 0.25) is 0 Å². The third-order valence-electron chi connectivity index (χ3n) is 2.60. The van der Waals surface area contributed by atoms with E-state index in [2.05, 4.69) is 22.3 Å². The maximum absolute atomic E-state index is 10.5. The van der Waals surface area contributed by atoms with Gasteiger partial charge in [0.25, 0.3) is 0 Å². The first-order chi connectivity index (χ1) is 9.52. The van der Waals surface area contributed by atoms with Gasteiger partial charge in [0.15, 0.2) is 0 Å². The Hall–Kier alpha value is -1.50. The quantitative estimate of drug-likeness (QED) is 0.832. The molecule has 20 heavy (non-hydrogen) atoms. The SMILES string of the molecule is Cc1nc(CN(C)Cc2ccc(C=CC(=O)O)s2)cs1. The van der Waals surface area contributed by atoms with Gasteiger partial charge in [0.1, 0.15) is 0 Å². The molecule has 0 aliphatic heterocycles. The molecule has 0 aliphatic carbocycles. The van der Waals surface area contributed by atoms with Crippen molar-refractivity contribution in [2.75, 3.05) is 7.05 Å². The minimum Gasteiger partial charge on any atom is -0.478 e. The molecule has 0 aliphatic rings. The maximum Gasteiger partial charge on any atom is 0.328 e. The van der Waals surface area contributed by atoms with Crippen LogP contribution in [0.4, 0.5) is 0 Å². The summed E-state index contributed by atoms with van der Waals surface area (Å²) in [7, 11) is 2.06. The highest BCUT2D eigenvalue weighted by molar-refractivity contribution is 7.12. The van der Waals surface area contributed by atoms with E-state index in [1.54, 1.807) is 28.7 Å². The summed E-state index contributed by atoms with van der Waals surface area (Å²) < 4.78 is 0. The molecule has 1 N–H and O–H groups in total. The van der Waals surface area contributed by atoms with Crippen molar-refractivity contribution >= 4 is 34.7 Å². The maximum atomic E-state index is 10.5. The zero-order chi connectivity index (χ0) is 14.5. The van der Waals surface area contributed by atoms with Crippen molar-refractivity contribution in [1.82, 2.24) is 9.88 Å². The van der Waals surface area contributed by atoms with Crippen LogP contribution < -0.4 is 0 Å². The van der Waals surface area contributed by atoms with Gasteiger partial charge in [0.2, 0.25) is 0 Å². The second-order valence-corrected chi connectivity index (χ2v) is 6.77. The zero-order valence-corrected chi connectivity index (χ0v) is 13.0.